The van der Waals surface area contributed by atoms with Crippen molar-refractivity contribution in [3.8, 4) is 44.9 Å². The van der Waals surface area contributed by atoms with E-state index in [-0.39, 0.29) is 5.39 Å². The first-order chi connectivity index (χ1) is 35.5. The van der Waals surface area contributed by atoms with Crippen LogP contribution in [0.2, 0.25) is 0 Å². The summed E-state index contributed by atoms with van der Waals surface area (Å²) in [5.41, 5.74) is -11.9. The van der Waals surface area contributed by atoms with Crippen LogP contribution in [0.5, 0.6) is 11.5 Å². The molecule has 11 rings (SSSR count). The lowest BCUT2D eigenvalue weighted by Gasteiger charge is -2.34. The summed E-state index contributed by atoms with van der Waals surface area (Å²) < 4.78 is 259. The number of benzene rings is 8. The van der Waals surface area contributed by atoms with Crippen LogP contribution >= 0.6 is 0 Å². The topological polar surface area (TPSA) is 22.4 Å². The Morgan fingerprint density at radius 2 is 1.24 bits per heavy atom. The summed E-state index contributed by atoms with van der Waals surface area (Å²) in [6.45, 7) is 0. The van der Waals surface area contributed by atoms with Gasteiger partial charge in [-0.25, -0.2) is 0 Å². The van der Waals surface area contributed by atoms with Crippen molar-refractivity contribution >= 4 is 32.7 Å². The third-order valence-corrected chi connectivity index (χ3v) is 8.66. The standard InChI is InChI=1S/C47H28O2/c1-2-12-32(13-3-1)47(33-22-25-44-39(28-33)36-15-5-7-18-42(36)48-44)40-17-6-4-14-34(40)35-23-20-31(27-41(35)47)30-21-24-43-38(26-30)37-16-8-10-29-11-9-19-45(49-43)46(29)37/h1-28H/i1D,2D,3D,4D,5D,6D,7D,8D,9D,10D,11D,12D,13D,15D,16D,17D,18D,19D,20D,21D,22D,23D,24D,25D,26D,27D,28D. The van der Waals surface area contributed by atoms with Gasteiger partial charge < -0.3 is 9.15 Å². The van der Waals surface area contributed by atoms with Crippen LogP contribution in [0.4, 0.5) is 0 Å². The van der Waals surface area contributed by atoms with E-state index in [1.165, 1.54) is 0 Å². The van der Waals surface area contributed by atoms with Crippen molar-refractivity contribution in [3.63, 3.8) is 0 Å². The maximum absolute atomic E-state index is 10.4. The highest BCUT2D eigenvalue weighted by molar-refractivity contribution is 6.06. The summed E-state index contributed by atoms with van der Waals surface area (Å²) in [4.78, 5) is 0. The fraction of sp³-hybridized carbons (Fsp3) is 0.0213. The van der Waals surface area contributed by atoms with Gasteiger partial charge in [-0.2, -0.15) is 0 Å². The molecular formula is C47H28O2. The van der Waals surface area contributed by atoms with Crippen molar-refractivity contribution in [1.82, 2.24) is 0 Å². The van der Waals surface area contributed by atoms with Crippen LogP contribution in [-0.4, -0.2) is 0 Å². The summed E-state index contributed by atoms with van der Waals surface area (Å²) in [7, 11) is 0. The third kappa shape index (κ3) is 3.61. The molecule has 1 unspecified atom stereocenters. The average molecular weight is 652 g/mol. The SMILES string of the molecule is [2H]c1cc2c(c([2H])c1[2H])C(c1c([2H])c([2H])c([2H])c([2H])c1[2H])(c1c([2H])c([2H])c3oc4c([2H])c([2H])c([2H])c([2H])c4c3c1[2H])c1c([2H])c(-c3c([2H])c([2H])c4c(c3[2H])-c3c([2H])c([2H])c([2H])c5c([2H])c([2H])c([2H])c(c35)O4)c([2H])c([2H])c1-2. The van der Waals surface area contributed by atoms with Crippen molar-refractivity contribution in [2.45, 2.75) is 5.41 Å². The van der Waals surface area contributed by atoms with Crippen LogP contribution in [0, 0.1) is 0 Å². The number of hydrogen-bond acceptors (Lipinski definition) is 2. The lowest BCUT2D eigenvalue weighted by Crippen LogP contribution is -2.28. The maximum Gasteiger partial charge on any atom is 0.135 e. The molecule has 228 valence electrons. The molecule has 0 fully saturated rings. The molecule has 49 heavy (non-hydrogen) atoms. The van der Waals surface area contributed by atoms with E-state index >= 15 is 0 Å². The molecule has 0 bridgehead atoms. The lowest BCUT2D eigenvalue weighted by atomic mass is 9.67. The quantitative estimate of drug-likeness (QED) is 0.190. The fourth-order valence-electron chi connectivity index (χ4n) is 6.61. The molecule has 2 aliphatic rings. The van der Waals surface area contributed by atoms with E-state index in [1.54, 1.807) is 0 Å². The Bertz CT molecular complexity index is 4320. The summed E-state index contributed by atoms with van der Waals surface area (Å²) >= 11 is 0. The lowest BCUT2D eigenvalue weighted by molar-refractivity contribution is 0.487. The minimum absolute atomic E-state index is 0.367. The number of hydrogen-bond donors (Lipinski definition) is 0. The van der Waals surface area contributed by atoms with Gasteiger partial charge >= 0.3 is 0 Å². The highest BCUT2D eigenvalue weighted by Gasteiger charge is 2.46. The van der Waals surface area contributed by atoms with Gasteiger partial charge in [0.15, 0.2) is 0 Å². The van der Waals surface area contributed by atoms with Crippen LogP contribution in [0.15, 0.2) is 174 Å². The molecule has 0 amide bonds. The number of fused-ring (bicyclic) bond motifs is 8. The summed E-state index contributed by atoms with van der Waals surface area (Å²) in [5, 5.41) is -1.95. The molecule has 0 radical (unpaired) electrons. The molecule has 0 N–H and O–H groups in total. The summed E-state index contributed by atoms with van der Waals surface area (Å²) in [5.74, 6) is -1.24. The highest BCUT2D eigenvalue weighted by atomic mass is 16.5. The van der Waals surface area contributed by atoms with Gasteiger partial charge in [0.05, 0.1) is 42.4 Å². The predicted octanol–water partition coefficient (Wildman–Crippen LogP) is 12.5. The average Bonchev–Trinajstić information content (AvgIpc) is 4.03. The molecule has 2 heterocycles. The van der Waals surface area contributed by atoms with E-state index in [2.05, 4.69) is 0 Å². The molecule has 0 saturated heterocycles. The molecule has 0 spiro atoms. The highest BCUT2D eigenvalue weighted by Crippen LogP contribution is 2.57. The van der Waals surface area contributed by atoms with Gasteiger partial charge in [-0.05, 0) is 97.8 Å². The second-order valence-corrected chi connectivity index (χ2v) is 11.1. The van der Waals surface area contributed by atoms with Gasteiger partial charge in [0, 0.05) is 21.7 Å². The molecule has 9 aromatic rings. The molecule has 0 saturated carbocycles. The van der Waals surface area contributed by atoms with Crippen molar-refractivity contribution in [3.05, 3.63) is 191 Å². The first-order valence-electron chi connectivity index (χ1n) is 28.1. The number of rotatable bonds is 3. The van der Waals surface area contributed by atoms with Gasteiger partial charge in [-0.1, -0.05) is 127 Å². The largest absolute Gasteiger partial charge is 0.456 e. The molecule has 2 heteroatoms. The Labute approximate surface area is 321 Å². The normalized spacial score (nSPS) is 23.3. The van der Waals surface area contributed by atoms with Crippen LogP contribution < -0.4 is 4.74 Å². The molecule has 1 atom stereocenters. The Morgan fingerprint density at radius 1 is 0.449 bits per heavy atom. The van der Waals surface area contributed by atoms with Crippen molar-refractivity contribution < 1.29 is 46.2 Å². The molecule has 1 aliphatic carbocycles. The zero-order valence-corrected chi connectivity index (χ0v) is 24.4. The Morgan fingerprint density at radius 3 is 2.18 bits per heavy atom. The number of furan rings is 1. The van der Waals surface area contributed by atoms with E-state index in [0.29, 0.717) is 0 Å². The van der Waals surface area contributed by atoms with Crippen molar-refractivity contribution in [1.29, 1.82) is 0 Å². The van der Waals surface area contributed by atoms with E-state index in [1.807, 2.05) is 0 Å². The van der Waals surface area contributed by atoms with Crippen molar-refractivity contribution in [2.24, 2.45) is 0 Å². The first kappa shape index (κ1) is 11.6. The van der Waals surface area contributed by atoms with Crippen LogP contribution in [0.3, 0.4) is 0 Å². The Kier molecular flexibility index (Phi) is 2.33. The summed E-state index contributed by atoms with van der Waals surface area (Å²) in [6.07, 6.45) is 0. The zero-order valence-electron chi connectivity index (χ0n) is 51.4. The number of ether oxygens (including phenoxy) is 1. The van der Waals surface area contributed by atoms with E-state index < -0.39 is 263 Å². The molecule has 1 aliphatic heterocycles. The number of para-hydroxylation sites is 1. The minimum atomic E-state index is -3.18. The minimum Gasteiger partial charge on any atom is -0.456 e. The Hall–Kier alpha value is -6.38. The van der Waals surface area contributed by atoms with E-state index in [9.17, 15) is 16.4 Å². The third-order valence-electron chi connectivity index (χ3n) is 8.66. The second kappa shape index (κ2) is 9.82. The molecular weight excluding hydrogens is 597 g/mol. The van der Waals surface area contributed by atoms with Crippen LogP contribution in [0.25, 0.3) is 66.1 Å². The smallest absolute Gasteiger partial charge is 0.135 e. The van der Waals surface area contributed by atoms with E-state index in [4.69, 9.17) is 29.7 Å². The van der Waals surface area contributed by atoms with Crippen molar-refractivity contribution in [2.75, 3.05) is 0 Å². The maximum atomic E-state index is 10.4. The molecule has 1 aromatic heterocycles. The van der Waals surface area contributed by atoms with Gasteiger partial charge in [-0.3, -0.25) is 0 Å². The summed E-state index contributed by atoms with van der Waals surface area (Å²) in [6, 6.07) is -24.1. The second-order valence-electron chi connectivity index (χ2n) is 11.1. The van der Waals surface area contributed by atoms with Gasteiger partial charge in [0.25, 0.3) is 0 Å². The predicted molar refractivity (Wildman–Crippen MR) is 199 cm³/mol. The first-order valence-corrected chi connectivity index (χ1v) is 14.6. The van der Waals surface area contributed by atoms with Gasteiger partial charge in [-0.15, -0.1) is 0 Å². The van der Waals surface area contributed by atoms with Gasteiger partial charge in [0.1, 0.15) is 22.7 Å². The monoisotopic (exact) mass is 651 g/mol. The molecule has 8 aromatic carbocycles. The zero-order chi connectivity index (χ0) is 55.6. The van der Waals surface area contributed by atoms with Gasteiger partial charge in [0.2, 0.25) is 0 Å². The molecule has 2 nitrogen and oxygen atoms in total. The van der Waals surface area contributed by atoms with E-state index in [0.717, 1.165) is 6.07 Å². The van der Waals surface area contributed by atoms with Crippen LogP contribution in [0.1, 0.15) is 59.3 Å². The fourth-order valence-corrected chi connectivity index (χ4v) is 6.61. The van der Waals surface area contributed by atoms with Crippen LogP contribution in [-0.2, 0) is 5.41 Å². The Balaban J connectivity index is 1.41.